The van der Waals surface area contributed by atoms with E-state index in [1.165, 1.54) is 12.0 Å². The molecule has 1 N–H and O–H groups in total. The molecule has 0 radical (unpaired) electrons. The fourth-order valence-electron chi connectivity index (χ4n) is 1.46. The van der Waals surface area contributed by atoms with Gasteiger partial charge in [0.2, 0.25) is 0 Å². The van der Waals surface area contributed by atoms with Crippen LogP contribution in [0, 0.1) is 6.92 Å². The van der Waals surface area contributed by atoms with E-state index in [9.17, 15) is 4.79 Å². The number of carbonyl (C=O) groups is 1. The van der Waals surface area contributed by atoms with Crippen LogP contribution in [-0.4, -0.2) is 17.5 Å². The average Bonchev–Trinajstić information content (AvgIpc) is 2.31. The van der Waals surface area contributed by atoms with Gasteiger partial charge in [0.05, 0.1) is 0 Å². The second kappa shape index (κ2) is 10.3. The molecule has 0 bridgehead atoms. The number of hydrogen-bond acceptors (Lipinski definition) is 2. The number of aliphatic hydroxyl groups is 1. The summed E-state index contributed by atoms with van der Waals surface area (Å²) < 4.78 is 1.03. The van der Waals surface area contributed by atoms with E-state index in [2.05, 4.69) is 22.9 Å². The molecule has 0 aromatic heterocycles. The minimum atomic E-state index is 0.205. The molecule has 18 heavy (non-hydrogen) atoms. The van der Waals surface area contributed by atoms with Gasteiger partial charge in [-0.2, -0.15) is 0 Å². The van der Waals surface area contributed by atoms with Crippen molar-refractivity contribution in [3.05, 3.63) is 33.8 Å². The molecule has 0 amide bonds. The maximum absolute atomic E-state index is 10.9. The Morgan fingerprint density at radius 1 is 1.33 bits per heavy atom. The number of rotatable bonds is 5. The van der Waals surface area contributed by atoms with Crippen LogP contribution in [0.15, 0.2) is 22.7 Å². The van der Waals surface area contributed by atoms with Gasteiger partial charge >= 0.3 is 0 Å². The third kappa shape index (κ3) is 8.43. The Kier molecular flexibility index (Phi) is 9.89. The first kappa shape index (κ1) is 17.3. The van der Waals surface area contributed by atoms with Crippen LogP contribution in [0.4, 0.5) is 0 Å². The van der Waals surface area contributed by atoms with Gasteiger partial charge in [0.25, 0.3) is 0 Å². The summed E-state index contributed by atoms with van der Waals surface area (Å²) in [6.07, 6.45) is 3.86. The Hall–Kier alpha value is -0.670. The first-order valence-electron chi connectivity index (χ1n) is 6.36. The fourth-order valence-corrected chi connectivity index (χ4v) is 1.87. The maximum atomic E-state index is 10.9. The molecule has 1 rings (SSSR count). The molecule has 0 spiro atoms. The van der Waals surface area contributed by atoms with E-state index in [1.54, 1.807) is 6.92 Å². The van der Waals surface area contributed by atoms with Crippen molar-refractivity contribution >= 4 is 21.7 Å². The standard InChI is InChI=1S/C10H11BrO.C5H12O/c1-7-3-4-10(11)6-9(7)5-8(2)12;1-2-3-4-5-6/h3-4,6H,5H2,1-2H3;6H,2-5H2,1H3. The van der Waals surface area contributed by atoms with Gasteiger partial charge in [-0.05, 0) is 43.5 Å². The zero-order chi connectivity index (χ0) is 14.0. The lowest BCUT2D eigenvalue weighted by Crippen LogP contribution is -1.98. The molecule has 102 valence electrons. The predicted octanol–water partition coefficient (Wildman–Crippen LogP) is 4.06. The molecule has 0 aliphatic rings. The number of unbranched alkanes of at least 4 members (excludes halogenated alkanes) is 2. The summed E-state index contributed by atoms with van der Waals surface area (Å²) >= 11 is 3.37. The number of ketones is 1. The van der Waals surface area contributed by atoms with Crippen LogP contribution < -0.4 is 0 Å². The van der Waals surface area contributed by atoms with E-state index in [-0.39, 0.29) is 5.78 Å². The van der Waals surface area contributed by atoms with E-state index < -0.39 is 0 Å². The fraction of sp³-hybridized carbons (Fsp3) is 0.533. The van der Waals surface area contributed by atoms with Gasteiger partial charge in [0.15, 0.2) is 0 Å². The summed E-state index contributed by atoms with van der Waals surface area (Å²) in [5.74, 6) is 0.205. The molecule has 0 fully saturated rings. The normalized spacial score (nSPS) is 9.61. The van der Waals surface area contributed by atoms with Crippen molar-refractivity contribution in [2.45, 2.75) is 46.5 Å². The number of aliphatic hydroxyl groups excluding tert-OH is 1. The van der Waals surface area contributed by atoms with Gasteiger partial charge in [0, 0.05) is 17.5 Å². The van der Waals surface area contributed by atoms with Gasteiger partial charge < -0.3 is 5.11 Å². The second-order valence-electron chi connectivity index (χ2n) is 4.38. The minimum absolute atomic E-state index is 0.205. The lowest BCUT2D eigenvalue weighted by Gasteiger charge is -2.03. The van der Waals surface area contributed by atoms with E-state index in [0.717, 1.165) is 22.9 Å². The topological polar surface area (TPSA) is 37.3 Å². The summed E-state index contributed by atoms with van der Waals surface area (Å²) in [5.41, 5.74) is 2.28. The summed E-state index contributed by atoms with van der Waals surface area (Å²) in [7, 11) is 0. The van der Waals surface area contributed by atoms with Crippen LogP contribution in [0.3, 0.4) is 0 Å². The van der Waals surface area contributed by atoms with Crippen LogP contribution in [0.2, 0.25) is 0 Å². The highest BCUT2D eigenvalue weighted by Gasteiger charge is 2.01. The number of hydrogen-bond donors (Lipinski definition) is 1. The lowest BCUT2D eigenvalue weighted by molar-refractivity contribution is -0.116. The molecule has 0 heterocycles. The Balaban J connectivity index is 0.000000411. The molecule has 0 atom stereocenters. The van der Waals surface area contributed by atoms with Gasteiger partial charge in [0.1, 0.15) is 5.78 Å². The third-order valence-corrected chi connectivity index (χ3v) is 3.01. The molecule has 1 aromatic carbocycles. The number of halogens is 1. The average molecular weight is 315 g/mol. The van der Waals surface area contributed by atoms with Gasteiger partial charge in [-0.15, -0.1) is 0 Å². The third-order valence-electron chi connectivity index (χ3n) is 2.51. The number of benzene rings is 1. The maximum Gasteiger partial charge on any atom is 0.134 e. The SMILES string of the molecule is CC(=O)Cc1cc(Br)ccc1C.CCCCCO. The highest BCUT2D eigenvalue weighted by atomic mass is 79.9. The van der Waals surface area contributed by atoms with Crippen LogP contribution in [0.1, 0.15) is 44.2 Å². The van der Waals surface area contributed by atoms with Crippen molar-refractivity contribution in [2.75, 3.05) is 6.61 Å². The second-order valence-corrected chi connectivity index (χ2v) is 5.30. The van der Waals surface area contributed by atoms with Gasteiger partial charge in [-0.1, -0.05) is 41.8 Å². The van der Waals surface area contributed by atoms with Crippen molar-refractivity contribution in [3.8, 4) is 0 Å². The van der Waals surface area contributed by atoms with E-state index in [0.29, 0.717) is 13.0 Å². The Morgan fingerprint density at radius 2 is 2.00 bits per heavy atom. The van der Waals surface area contributed by atoms with Crippen molar-refractivity contribution in [1.82, 2.24) is 0 Å². The Morgan fingerprint density at radius 3 is 2.44 bits per heavy atom. The summed E-state index contributed by atoms with van der Waals surface area (Å²) in [6, 6.07) is 6.00. The van der Waals surface area contributed by atoms with Crippen molar-refractivity contribution in [1.29, 1.82) is 0 Å². The summed E-state index contributed by atoms with van der Waals surface area (Å²) in [4.78, 5) is 10.9. The highest BCUT2D eigenvalue weighted by molar-refractivity contribution is 9.10. The molecule has 0 saturated heterocycles. The Labute approximate surface area is 119 Å². The molecule has 3 heteroatoms. The minimum Gasteiger partial charge on any atom is -0.396 e. The smallest absolute Gasteiger partial charge is 0.134 e. The zero-order valence-electron chi connectivity index (χ0n) is 11.5. The lowest BCUT2D eigenvalue weighted by atomic mass is 10.0. The van der Waals surface area contributed by atoms with Crippen molar-refractivity contribution < 1.29 is 9.90 Å². The number of carbonyl (C=O) groups excluding carboxylic acids is 1. The van der Waals surface area contributed by atoms with Crippen LogP contribution in [0.5, 0.6) is 0 Å². The van der Waals surface area contributed by atoms with Gasteiger partial charge in [-0.3, -0.25) is 4.79 Å². The largest absolute Gasteiger partial charge is 0.396 e. The quantitative estimate of drug-likeness (QED) is 0.832. The van der Waals surface area contributed by atoms with Crippen LogP contribution >= 0.6 is 15.9 Å². The van der Waals surface area contributed by atoms with Gasteiger partial charge in [-0.25, -0.2) is 0 Å². The first-order chi connectivity index (χ1) is 8.51. The molecule has 2 nitrogen and oxygen atoms in total. The van der Waals surface area contributed by atoms with Crippen molar-refractivity contribution in [3.63, 3.8) is 0 Å². The van der Waals surface area contributed by atoms with E-state index >= 15 is 0 Å². The molecule has 0 aliphatic heterocycles. The van der Waals surface area contributed by atoms with Crippen LogP contribution in [-0.2, 0) is 11.2 Å². The predicted molar refractivity (Wildman–Crippen MR) is 79.9 cm³/mol. The Bertz CT molecular complexity index is 358. The molecule has 1 aromatic rings. The highest BCUT2D eigenvalue weighted by Crippen LogP contribution is 2.16. The molecular weight excluding hydrogens is 292 g/mol. The molecule has 0 aliphatic carbocycles. The molecule has 0 saturated carbocycles. The first-order valence-corrected chi connectivity index (χ1v) is 7.15. The summed E-state index contributed by atoms with van der Waals surface area (Å²) in [5, 5.41) is 8.20. The molecule has 0 unspecified atom stereocenters. The zero-order valence-corrected chi connectivity index (χ0v) is 13.1. The van der Waals surface area contributed by atoms with E-state index in [1.807, 2.05) is 25.1 Å². The van der Waals surface area contributed by atoms with E-state index in [4.69, 9.17) is 5.11 Å². The van der Waals surface area contributed by atoms with Crippen molar-refractivity contribution in [2.24, 2.45) is 0 Å². The monoisotopic (exact) mass is 314 g/mol. The molecular formula is C15H23BrO2. The number of Topliss-reactive ketones (excluding diaryl/α,β-unsaturated/α-hetero) is 1. The van der Waals surface area contributed by atoms with Crippen LogP contribution in [0.25, 0.3) is 0 Å². The summed E-state index contributed by atoms with van der Waals surface area (Å²) in [6.45, 7) is 6.11. The number of aryl methyl sites for hydroxylation is 1.